The molecule has 1 aliphatic rings. The molecule has 5 atom stereocenters. The van der Waals surface area contributed by atoms with Crippen molar-refractivity contribution in [3.63, 3.8) is 0 Å². The first kappa shape index (κ1) is 123. The molecule has 0 spiro atoms. The number of hydrogen-bond donors (Lipinski definition) is 17. The normalized spacial score (nSPS) is 14.3. The van der Waals surface area contributed by atoms with Crippen LogP contribution in [0.3, 0.4) is 0 Å². The van der Waals surface area contributed by atoms with Gasteiger partial charge < -0.3 is 146 Å². The van der Waals surface area contributed by atoms with Crippen LogP contribution >= 0.6 is 34.8 Å². The number of benzene rings is 3. The molecule has 0 saturated carbocycles. The highest BCUT2D eigenvalue weighted by atomic mass is 127. The topological polar surface area (TPSA) is 646 Å². The smallest absolute Gasteiger partial charge is 0.326 e. The van der Waals surface area contributed by atoms with Gasteiger partial charge in [0.25, 0.3) is 0 Å². The molecule has 51 heteroatoms. The van der Waals surface area contributed by atoms with E-state index in [0.717, 1.165) is 20.3 Å². The average Bonchev–Trinajstić information content (AvgIpc) is 1.63. The molecule has 17 N–H and O–H groups in total. The Balaban J connectivity index is 0.844. The molecule has 1 unspecified atom stereocenters. The summed E-state index contributed by atoms with van der Waals surface area (Å²) < 4.78 is 69.8. The average molecular weight is 2160 g/mol. The third-order valence-electron chi connectivity index (χ3n) is 21.3. The molecule has 2 heterocycles. The Morgan fingerprint density at radius 2 is 0.811 bits per heavy atom. The van der Waals surface area contributed by atoms with E-state index in [1.54, 1.807) is 60.8 Å². The molecular weight excluding hydrogens is 2020 g/mol. The zero-order valence-corrected chi connectivity index (χ0v) is 83.5. The summed E-state index contributed by atoms with van der Waals surface area (Å²) in [7, 11) is 0. The first-order chi connectivity index (χ1) is 69.0. The number of aromatic nitrogens is 3. The van der Waals surface area contributed by atoms with Crippen molar-refractivity contribution in [3.05, 3.63) is 93.7 Å². The summed E-state index contributed by atoms with van der Waals surface area (Å²) in [6, 6.07) is 14.3. The second-order valence-electron chi connectivity index (χ2n) is 32.7. The van der Waals surface area contributed by atoms with Crippen molar-refractivity contribution in [2.75, 3.05) is 261 Å². The van der Waals surface area contributed by atoms with E-state index in [4.69, 9.17) is 74.2 Å². The number of hydrogen-bond acceptors (Lipinski definition) is 32. The van der Waals surface area contributed by atoms with Crippen LogP contribution in [0.4, 0.5) is 21.0 Å². The van der Waals surface area contributed by atoms with Crippen LogP contribution < -0.4 is 47.9 Å². The van der Waals surface area contributed by atoms with Crippen molar-refractivity contribution in [1.29, 1.82) is 0 Å². The maximum absolute atomic E-state index is 13.9. The van der Waals surface area contributed by atoms with Crippen LogP contribution in [0.25, 0.3) is 11.3 Å². The van der Waals surface area contributed by atoms with E-state index in [-0.39, 0.29) is 148 Å². The molecule has 1 saturated heterocycles. The van der Waals surface area contributed by atoms with Crippen LogP contribution in [0.2, 0.25) is 0 Å². The molecule has 1 aromatic heterocycles. The van der Waals surface area contributed by atoms with Gasteiger partial charge in [-0.15, -0.1) is 5.10 Å². The molecule has 5 rings (SSSR count). The van der Waals surface area contributed by atoms with Gasteiger partial charge in [-0.2, -0.15) is 0 Å². The highest BCUT2D eigenvalue weighted by Gasteiger charge is 2.31. The Morgan fingerprint density at radius 1 is 0.392 bits per heavy atom. The molecule has 7 amide bonds. The number of nitrogens with one attached hydrogen (secondary N) is 9. The number of rotatable bonds is 80. The molecule has 0 radical (unpaired) electrons. The number of amides is 7. The lowest BCUT2D eigenvalue weighted by Crippen LogP contribution is -2.53. The third-order valence-corrected chi connectivity index (χ3v) is 22.3. The number of urea groups is 2. The zero-order chi connectivity index (χ0) is 104. The number of halogens is 1. The number of ether oxygens (including phenoxy) is 12. The first-order valence-electron chi connectivity index (χ1n) is 47.5. The van der Waals surface area contributed by atoms with Gasteiger partial charge in [-0.25, -0.2) is 28.7 Å². The number of carbonyl (C=O) groups excluding carboxylic acids is 5. The highest BCUT2D eigenvalue weighted by molar-refractivity contribution is 14.1. The lowest BCUT2D eigenvalue weighted by molar-refractivity contribution is -0.142. The van der Waals surface area contributed by atoms with Crippen LogP contribution in [-0.4, -0.2) is 438 Å². The number of thiocarbonyl (C=S) groups is 1. The van der Waals surface area contributed by atoms with Gasteiger partial charge >= 0.3 is 59.8 Å². The van der Waals surface area contributed by atoms with Gasteiger partial charge in [0.2, 0.25) is 17.7 Å². The predicted octanol–water partition coefficient (Wildman–Crippen LogP) is 1.71. The third kappa shape index (κ3) is 60.6. The second-order valence-corrected chi connectivity index (χ2v) is 34.3. The number of anilines is 2. The van der Waals surface area contributed by atoms with E-state index in [9.17, 15) is 98.1 Å². The minimum Gasteiger partial charge on any atom is -0.481 e. The van der Waals surface area contributed by atoms with Gasteiger partial charge in [-0.3, -0.25) is 58.0 Å². The molecule has 1 aliphatic heterocycles. The summed E-state index contributed by atoms with van der Waals surface area (Å²) in [5.74, 6) is -11.2. The minimum atomic E-state index is -1.52. The molecule has 3 aromatic carbocycles. The second kappa shape index (κ2) is 76.0. The highest BCUT2D eigenvalue weighted by Crippen LogP contribution is 2.23. The largest absolute Gasteiger partial charge is 0.481 e. The Labute approximate surface area is 848 Å². The summed E-state index contributed by atoms with van der Waals surface area (Å²) >= 11 is 7.79. The van der Waals surface area contributed by atoms with Crippen molar-refractivity contribution in [2.24, 2.45) is 0 Å². The molecule has 0 aliphatic carbocycles. The molecule has 4 aromatic rings. The minimum absolute atomic E-state index is 0.00130. The monoisotopic (exact) mass is 2160 g/mol. The van der Waals surface area contributed by atoms with Gasteiger partial charge in [0.05, 0.1) is 210 Å². The lowest BCUT2D eigenvalue weighted by atomic mass is 10.0. The van der Waals surface area contributed by atoms with Gasteiger partial charge in [0.15, 0.2) is 5.11 Å². The first-order valence-corrected chi connectivity index (χ1v) is 48.9. The fraction of sp³-hybridized carbons (Fsp3) is 0.630. The molecule has 143 heavy (non-hydrogen) atoms. The Bertz CT molecular complexity index is 4390. The van der Waals surface area contributed by atoms with Crippen LogP contribution in [0, 0.1) is 3.57 Å². The molecular formula is C92H141IN16O33S. The van der Waals surface area contributed by atoms with E-state index in [2.05, 4.69) is 80.8 Å². The fourth-order valence-electron chi connectivity index (χ4n) is 14.1. The summed E-state index contributed by atoms with van der Waals surface area (Å²) in [5.41, 5.74) is 4.12. The number of aliphatic carboxylic acids is 8. The number of carbonyl (C=O) groups is 13. The zero-order valence-electron chi connectivity index (χ0n) is 80.6. The maximum atomic E-state index is 13.9. The number of unbranched alkanes of at least 4 members (excludes halogenated alkanes) is 3. The summed E-state index contributed by atoms with van der Waals surface area (Å²) in [6.45, 7) is 8.78. The van der Waals surface area contributed by atoms with E-state index in [1.807, 2.05) is 42.5 Å². The van der Waals surface area contributed by atoms with E-state index in [0.29, 0.717) is 201 Å². The Kier molecular flexibility index (Phi) is 65.2. The number of carboxylic acid groups (broad SMARTS) is 8. The van der Waals surface area contributed by atoms with Crippen molar-refractivity contribution in [1.82, 2.24) is 71.8 Å². The maximum Gasteiger partial charge on any atom is 0.326 e. The molecule has 1 fully saturated rings. The predicted molar refractivity (Wildman–Crippen MR) is 527 cm³/mol. The van der Waals surface area contributed by atoms with Gasteiger partial charge in [-0.05, 0) is 153 Å². The van der Waals surface area contributed by atoms with Crippen molar-refractivity contribution in [2.45, 2.75) is 127 Å². The van der Waals surface area contributed by atoms with E-state index in [1.165, 1.54) is 0 Å². The molecule has 800 valence electrons. The number of carboxylic acids is 8. The lowest BCUT2D eigenvalue weighted by Gasteiger charge is -2.37. The summed E-state index contributed by atoms with van der Waals surface area (Å²) in [6.07, 6.45) is 3.49. The fourth-order valence-corrected chi connectivity index (χ4v) is 14.6. The van der Waals surface area contributed by atoms with Crippen LogP contribution in [0.15, 0.2) is 79.0 Å². The van der Waals surface area contributed by atoms with E-state index < -0.39 is 128 Å². The van der Waals surface area contributed by atoms with Gasteiger partial charge in [-0.1, -0.05) is 41.6 Å². The van der Waals surface area contributed by atoms with E-state index >= 15 is 0 Å². The molecule has 49 nitrogen and oxygen atoms in total. The van der Waals surface area contributed by atoms with Gasteiger partial charge in [0, 0.05) is 105 Å². The summed E-state index contributed by atoms with van der Waals surface area (Å²) in [4.78, 5) is 166. The van der Waals surface area contributed by atoms with Crippen LogP contribution in [-0.2, 0) is 129 Å². The molecule has 0 bridgehead atoms. The van der Waals surface area contributed by atoms with Crippen LogP contribution in [0.5, 0.6) is 0 Å². The Hall–Kier alpha value is -10.7. The standard InChI is InChI=1S/C92H141IN16O33S/c93-70-17-13-68(14-18-70)59-80(111)94-24-4-2-11-75(87(123)124)101-86(122)74(10-1-6-26-96-92(143)99-71-19-15-67(16-20-71)58-73-62-107(65-84(118)119)30-29-105(63-82(114)115)27-28-106(64-83(116)117)31-32-108(73)66-85(120)121)100-79(110)23-34-131-36-38-133-40-42-135-44-46-137-48-50-139-52-54-141-56-57-142-55-53-140-51-49-138-47-45-136-43-41-134-39-37-132-35-33-109-78(61-97-104-109)69-8-7-9-72(60-69)98-90(129)95-25-5-3-12-76(88(125)126)102-91(130)103-77(89(127)128)21-22-81(112)113/h7-9,13-20,60-61,73-77H,1-6,10-12,21-59,62-66H2,(H,94,111)(H,100,110)(H,101,122)(H,112,113)(H,114,115)(H,116,117)(H,118,119)(H,120,121)(H,123,124)(H,125,126)(H,127,128)(H2,95,98,129)(H2,96,99,143)(H2,102,103,130)/t73?,74-,75-,76-,77-/m0/s1. The van der Waals surface area contributed by atoms with Gasteiger partial charge in [0.1, 0.15) is 24.2 Å². The van der Waals surface area contributed by atoms with Crippen LogP contribution in [0.1, 0.15) is 88.2 Å². The SMILES string of the molecule is O=C(O)CC[C@H](NC(=O)N[C@@H](CCCCNC(=O)Nc1cccc(-c2cnnn2CCOCCOCCOCCOCCOCCOCCOCCOCCOCCOCCOCCOCCC(=O)N[C@@H](CCCCNC(=S)Nc2ccc(CC3CN(CC(=O)O)CCN(CC(=O)O)CCN(CC(=O)O)CCN3CC(=O)O)cc2)C(=O)N[C@@H](CCCCNC(=O)Cc2ccc(I)cc2)C(=O)O)c1)C(=O)O)C(=O)O. The quantitative estimate of drug-likeness (QED) is 0.0170. The van der Waals surface area contributed by atoms with Crippen molar-refractivity contribution >= 4 is 129 Å². The number of nitrogens with zero attached hydrogens (tertiary/aromatic N) is 7. The summed E-state index contributed by atoms with van der Waals surface area (Å²) in [5, 5.41) is 110. The van der Waals surface area contributed by atoms with Crippen molar-refractivity contribution in [3.8, 4) is 11.3 Å². The van der Waals surface area contributed by atoms with Crippen molar-refractivity contribution < 1.29 is 160 Å². The Morgan fingerprint density at radius 3 is 1.29 bits per heavy atom.